The van der Waals surface area contributed by atoms with E-state index in [0.29, 0.717) is 16.3 Å². The first-order valence-electron chi connectivity index (χ1n) is 7.67. The molecule has 1 aromatic rings. The summed E-state index contributed by atoms with van der Waals surface area (Å²) in [6, 6.07) is 9.16. The Morgan fingerprint density at radius 1 is 1.15 bits per heavy atom. The Bertz CT molecular complexity index is 469. The summed E-state index contributed by atoms with van der Waals surface area (Å²) in [4.78, 5) is 13.3. The van der Waals surface area contributed by atoms with E-state index >= 15 is 0 Å². The maximum absolute atomic E-state index is 11.8. The molecule has 1 aliphatic heterocycles. The van der Waals surface area contributed by atoms with Gasteiger partial charge in [0.2, 0.25) is 0 Å². The molecule has 1 fully saturated rings. The lowest BCUT2D eigenvalue weighted by molar-refractivity contribution is -0.119. The Labute approximate surface area is 126 Å². The molecule has 0 spiro atoms. The molecule has 0 saturated carbocycles. The van der Waals surface area contributed by atoms with Crippen LogP contribution < -0.4 is 0 Å². The highest BCUT2D eigenvalue weighted by atomic mass is 32.2. The van der Waals surface area contributed by atoms with Gasteiger partial charge in [0.1, 0.15) is 16.3 Å². The third kappa shape index (κ3) is 3.28. The maximum atomic E-state index is 11.8. The van der Waals surface area contributed by atoms with Crippen molar-refractivity contribution in [1.82, 2.24) is 0 Å². The molecule has 20 heavy (non-hydrogen) atoms. The lowest BCUT2D eigenvalue weighted by Gasteiger charge is -2.27. The number of Topliss-reactive ketones (excluding diaryl/α,β-unsaturated/α-hetero) is 1. The third-order valence-corrected chi connectivity index (χ3v) is 7.28. The van der Waals surface area contributed by atoms with Gasteiger partial charge in [0, 0.05) is 10.9 Å². The molecule has 0 N–H and O–H groups in total. The van der Waals surface area contributed by atoms with E-state index < -0.39 is 0 Å². The van der Waals surface area contributed by atoms with Crippen molar-refractivity contribution in [3.05, 3.63) is 29.8 Å². The van der Waals surface area contributed by atoms with Crippen LogP contribution in [-0.2, 0) is 21.1 Å². The highest BCUT2D eigenvalue weighted by molar-refractivity contribution is 7.98. The number of benzene rings is 1. The van der Waals surface area contributed by atoms with Gasteiger partial charge in [-0.3, -0.25) is 4.79 Å². The molecule has 3 atom stereocenters. The van der Waals surface area contributed by atoms with Crippen molar-refractivity contribution in [3.63, 3.8) is 0 Å². The molecule has 110 valence electrons. The van der Waals surface area contributed by atoms with Gasteiger partial charge in [-0.15, -0.1) is 0 Å². The van der Waals surface area contributed by atoms with E-state index in [1.165, 1.54) is 10.5 Å². The Balaban J connectivity index is 2.27. The van der Waals surface area contributed by atoms with Crippen LogP contribution in [0.2, 0.25) is 0 Å². The van der Waals surface area contributed by atoms with Gasteiger partial charge in [-0.2, -0.15) is 0 Å². The van der Waals surface area contributed by atoms with E-state index in [9.17, 15) is 4.79 Å². The molecule has 1 nitrogen and oxygen atoms in total. The maximum Gasteiger partial charge on any atom is 0.155 e. The summed E-state index contributed by atoms with van der Waals surface area (Å²) in [7, 11) is 0.233. The normalized spacial score (nSPS) is 27.6. The molecule has 1 heterocycles. The van der Waals surface area contributed by atoms with Crippen molar-refractivity contribution in [2.45, 2.75) is 74.7 Å². The molecule has 0 bridgehead atoms. The molecular formula is C18H27OS+. The van der Waals surface area contributed by atoms with E-state index in [0.717, 1.165) is 19.3 Å². The molecule has 0 aliphatic carbocycles. The average Bonchev–Trinajstić information content (AvgIpc) is 2.37. The molecule has 1 aromatic carbocycles. The van der Waals surface area contributed by atoms with Crippen LogP contribution in [0.25, 0.3) is 0 Å². The van der Waals surface area contributed by atoms with Crippen LogP contribution in [0.15, 0.2) is 29.2 Å². The number of hydrogen-bond donors (Lipinski definition) is 0. The number of carbonyl (C=O) groups is 1. The minimum atomic E-state index is 0.208. The minimum absolute atomic E-state index is 0.208. The molecule has 0 radical (unpaired) electrons. The third-order valence-electron chi connectivity index (χ3n) is 4.21. The van der Waals surface area contributed by atoms with Gasteiger partial charge in [0.05, 0.1) is 12.8 Å². The Morgan fingerprint density at radius 3 is 2.25 bits per heavy atom. The SMILES string of the molecule is CCC1CC(=O)CC(C)[S+]1c1ccc(C(C)(C)C)cc1. The summed E-state index contributed by atoms with van der Waals surface area (Å²) >= 11 is 0. The van der Waals surface area contributed by atoms with Gasteiger partial charge >= 0.3 is 0 Å². The zero-order valence-electron chi connectivity index (χ0n) is 13.4. The summed E-state index contributed by atoms with van der Waals surface area (Å²) in [5.41, 5.74) is 1.60. The smallest absolute Gasteiger partial charge is 0.155 e. The topological polar surface area (TPSA) is 17.1 Å². The van der Waals surface area contributed by atoms with Gasteiger partial charge < -0.3 is 0 Å². The van der Waals surface area contributed by atoms with Crippen molar-refractivity contribution < 1.29 is 4.79 Å². The molecule has 1 aliphatic rings. The van der Waals surface area contributed by atoms with Crippen LogP contribution in [0.1, 0.15) is 59.4 Å². The van der Waals surface area contributed by atoms with Crippen LogP contribution in [-0.4, -0.2) is 16.3 Å². The van der Waals surface area contributed by atoms with Crippen LogP contribution in [0.4, 0.5) is 0 Å². The summed E-state index contributed by atoms with van der Waals surface area (Å²) in [5.74, 6) is 0.458. The Hall–Kier alpha value is -0.760. The summed E-state index contributed by atoms with van der Waals surface area (Å²) in [5, 5.41) is 1.05. The van der Waals surface area contributed by atoms with Crippen molar-refractivity contribution >= 4 is 16.7 Å². The number of rotatable bonds is 2. The lowest BCUT2D eigenvalue weighted by atomic mass is 9.87. The zero-order valence-corrected chi connectivity index (χ0v) is 14.2. The second-order valence-corrected chi connectivity index (χ2v) is 9.62. The van der Waals surface area contributed by atoms with Crippen LogP contribution in [0.3, 0.4) is 0 Å². The first-order chi connectivity index (χ1) is 9.32. The van der Waals surface area contributed by atoms with Crippen LogP contribution >= 0.6 is 0 Å². The second-order valence-electron chi connectivity index (χ2n) is 6.93. The highest BCUT2D eigenvalue weighted by Gasteiger charge is 2.43. The van der Waals surface area contributed by atoms with Crippen molar-refractivity contribution in [3.8, 4) is 0 Å². The monoisotopic (exact) mass is 291 g/mol. The number of ketones is 1. The first kappa shape index (κ1) is 15.6. The molecule has 2 heteroatoms. The quantitative estimate of drug-likeness (QED) is 0.734. The molecule has 0 amide bonds. The highest BCUT2D eigenvalue weighted by Crippen LogP contribution is 2.34. The predicted octanol–water partition coefficient (Wildman–Crippen LogP) is 4.49. The largest absolute Gasteiger partial charge is 0.299 e. The van der Waals surface area contributed by atoms with Gasteiger partial charge in [-0.1, -0.05) is 39.8 Å². The Morgan fingerprint density at radius 2 is 1.75 bits per heavy atom. The Kier molecular flexibility index (Phi) is 4.63. The summed E-state index contributed by atoms with van der Waals surface area (Å²) < 4.78 is 0. The molecule has 2 rings (SSSR count). The standard InChI is InChI=1S/C18H27OS/c1-6-16-12-15(19)11-13(2)20(16)17-9-7-14(8-10-17)18(3,4)5/h7-10,13,16H,6,11-12H2,1-5H3/q+1. The molecular weight excluding hydrogens is 264 g/mol. The molecule has 0 aromatic heterocycles. The summed E-state index contributed by atoms with van der Waals surface area (Å²) in [6.07, 6.45) is 2.66. The van der Waals surface area contributed by atoms with E-state index in [-0.39, 0.29) is 16.3 Å². The van der Waals surface area contributed by atoms with E-state index in [4.69, 9.17) is 0 Å². The van der Waals surface area contributed by atoms with Gasteiger partial charge in [0.25, 0.3) is 0 Å². The van der Waals surface area contributed by atoms with Gasteiger partial charge in [-0.25, -0.2) is 0 Å². The molecule has 3 unspecified atom stereocenters. The van der Waals surface area contributed by atoms with E-state index in [1.807, 2.05) is 0 Å². The van der Waals surface area contributed by atoms with Gasteiger partial charge in [-0.05, 0) is 36.5 Å². The van der Waals surface area contributed by atoms with Crippen molar-refractivity contribution in [2.24, 2.45) is 0 Å². The second kappa shape index (κ2) is 5.93. The summed E-state index contributed by atoms with van der Waals surface area (Å²) in [6.45, 7) is 11.2. The van der Waals surface area contributed by atoms with Crippen molar-refractivity contribution in [1.29, 1.82) is 0 Å². The average molecular weight is 291 g/mol. The van der Waals surface area contributed by atoms with Crippen LogP contribution in [0, 0.1) is 0 Å². The zero-order chi connectivity index (χ0) is 14.9. The van der Waals surface area contributed by atoms with Gasteiger partial charge in [0.15, 0.2) is 4.90 Å². The molecule has 1 saturated heterocycles. The fourth-order valence-electron chi connectivity index (χ4n) is 3.03. The van der Waals surface area contributed by atoms with Crippen molar-refractivity contribution in [2.75, 3.05) is 0 Å². The van der Waals surface area contributed by atoms with E-state index in [1.54, 1.807) is 0 Å². The number of hydrogen-bond acceptors (Lipinski definition) is 1. The lowest BCUT2D eigenvalue weighted by Crippen LogP contribution is -2.38. The van der Waals surface area contributed by atoms with Crippen LogP contribution in [0.5, 0.6) is 0 Å². The fourth-order valence-corrected chi connectivity index (χ4v) is 6.07. The van der Waals surface area contributed by atoms with E-state index in [2.05, 4.69) is 58.9 Å². The number of carbonyl (C=O) groups excluding carboxylic acids is 1. The first-order valence-corrected chi connectivity index (χ1v) is 9.02. The predicted molar refractivity (Wildman–Crippen MR) is 88.6 cm³/mol. The minimum Gasteiger partial charge on any atom is -0.299 e. The fraction of sp³-hybridized carbons (Fsp3) is 0.611.